The Hall–Kier alpha value is -3.51. The molecule has 0 spiro atoms. The Morgan fingerprint density at radius 3 is 1.34 bits per heavy atom. The van der Waals surface area contributed by atoms with E-state index in [1.54, 1.807) is 12.1 Å². The fourth-order valence-electron chi connectivity index (χ4n) is 6.27. The molecule has 1 saturated heterocycles. The van der Waals surface area contributed by atoms with Crippen LogP contribution < -0.4 is 10.6 Å². The molecular formula is C45H73N3O17. The second-order valence-corrected chi connectivity index (χ2v) is 14.7. The number of benzene rings is 1. The number of anilines is 1. The lowest BCUT2D eigenvalue weighted by atomic mass is 10.0. The van der Waals surface area contributed by atoms with Crippen molar-refractivity contribution in [3.05, 3.63) is 29.3 Å². The van der Waals surface area contributed by atoms with Crippen LogP contribution in [0.3, 0.4) is 0 Å². The van der Waals surface area contributed by atoms with Gasteiger partial charge in [0.1, 0.15) is 6.04 Å². The van der Waals surface area contributed by atoms with E-state index in [1.165, 1.54) is 6.07 Å². The van der Waals surface area contributed by atoms with Gasteiger partial charge in [-0.05, 0) is 37.8 Å². The van der Waals surface area contributed by atoms with Gasteiger partial charge in [-0.1, -0.05) is 25.8 Å². The zero-order chi connectivity index (χ0) is 46.4. The number of amides is 5. The first-order valence-corrected chi connectivity index (χ1v) is 23.0. The van der Waals surface area contributed by atoms with E-state index in [-0.39, 0.29) is 42.0 Å². The summed E-state index contributed by atoms with van der Waals surface area (Å²) >= 11 is 0. The molecule has 5 amide bonds. The lowest BCUT2D eigenvalue weighted by Gasteiger charge is -2.27. The molecule has 2 aliphatic rings. The van der Waals surface area contributed by atoms with E-state index in [0.717, 1.165) is 37.2 Å². The molecule has 0 radical (unpaired) electrons. The summed E-state index contributed by atoms with van der Waals surface area (Å²) in [4.78, 5) is 63.6. The molecule has 2 heterocycles. The highest BCUT2D eigenvalue weighted by molar-refractivity contribution is 6.26. The average Bonchev–Trinajstić information content (AvgIpc) is 3.55. The molecular weight excluding hydrogens is 854 g/mol. The largest absolute Gasteiger partial charge is 0.379 e. The van der Waals surface area contributed by atoms with E-state index in [1.807, 2.05) is 0 Å². The predicted octanol–water partition coefficient (Wildman–Crippen LogP) is 2.59. The normalized spacial score (nSPS) is 15.0. The van der Waals surface area contributed by atoms with Crippen molar-refractivity contribution in [2.75, 3.05) is 164 Å². The van der Waals surface area contributed by atoms with Gasteiger partial charge in [0, 0.05) is 26.1 Å². The maximum atomic E-state index is 13.2. The fourth-order valence-corrected chi connectivity index (χ4v) is 6.27. The standard InChI is InChI=1S/C45H73N3O17/c1-2-3-13-54-15-17-56-19-21-58-23-25-60-27-29-62-31-33-64-35-36-65-34-32-63-30-28-61-26-24-59-22-20-57-18-16-55-14-6-4-5-10-40(49)46-38-9-7-8-37-42(38)45(53)48(44(37)52)39-11-12-41(50)47-43(39)51/h7-9,39H,2-6,10-36H2,1H3,(H,46,49)(H,47,50,51). The van der Waals surface area contributed by atoms with E-state index in [9.17, 15) is 24.0 Å². The molecule has 1 fully saturated rings. The molecule has 20 nitrogen and oxygen atoms in total. The lowest BCUT2D eigenvalue weighted by molar-refractivity contribution is -0.136. The number of hydrogen-bond donors (Lipinski definition) is 2. The van der Waals surface area contributed by atoms with Crippen molar-refractivity contribution in [2.24, 2.45) is 0 Å². The molecule has 20 heteroatoms. The van der Waals surface area contributed by atoms with Gasteiger partial charge >= 0.3 is 0 Å². The van der Waals surface area contributed by atoms with Gasteiger partial charge in [0.2, 0.25) is 17.7 Å². The molecule has 0 aliphatic carbocycles. The number of carbonyl (C=O) groups excluding carboxylic acids is 5. The third kappa shape index (κ3) is 25.3. The van der Waals surface area contributed by atoms with Crippen LogP contribution in [-0.2, 0) is 71.2 Å². The number of imide groups is 2. The van der Waals surface area contributed by atoms with Gasteiger partial charge in [-0.3, -0.25) is 34.2 Å². The predicted molar refractivity (Wildman–Crippen MR) is 235 cm³/mol. The number of nitrogens with one attached hydrogen (secondary N) is 2. The van der Waals surface area contributed by atoms with Gasteiger partial charge < -0.3 is 62.2 Å². The number of ether oxygens (including phenoxy) is 12. The SMILES string of the molecule is CCCCOCCOCCOCCOCCOCCOCCOCCOCCOCCOCCOCCOCCCCCC(=O)Nc1cccc2c1C(=O)N(C1CCC(=O)NC1=O)C2=O. The first kappa shape index (κ1) is 55.8. The number of carbonyl (C=O) groups is 5. The van der Waals surface area contributed by atoms with E-state index >= 15 is 0 Å². The van der Waals surface area contributed by atoms with Gasteiger partial charge in [0.05, 0.1) is 162 Å². The molecule has 0 bridgehead atoms. The topological polar surface area (TPSA) is 223 Å². The van der Waals surface area contributed by atoms with Gasteiger partial charge in [-0.15, -0.1) is 0 Å². The van der Waals surface area contributed by atoms with Crippen LogP contribution in [-0.4, -0.2) is 199 Å². The molecule has 0 aromatic heterocycles. The molecule has 370 valence electrons. The smallest absolute Gasteiger partial charge is 0.264 e. The van der Waals surface area contributed by atoms with E-state index < -0.39 is 29.7 Å². The van der Waals surface area contributed by atoms with Gasteiger partial charge in [-0.2, -0.15) is 0 Å². The van der Waals surface area contributed by atoms with Crippen LogP contribution in [0.2, 0.25) is 0 Å². The highest BCUT2D eigenvalue weighted by Crippen LogP contribution is 2.32. The third-order valence-electron chi connectivity index (χ3n) is 9.67. The van der Waals surface area contributed by atoms with Crippen molar-refractivity contribution in [3.63, 3.8) is 0 Å². The molecule has 3 rings (SSSR count). The molecule has 1 unspecified atom stereocenters. The van der Waals surface area contributed by atoms with Crippen molar-refractivity contribution >= 4 is 35.2 Å². The van der Waals surface area contributed by atoms with Crippen LogP contribution in [0, 0.1) is 0 Å². The van der Waals surface area contributed by atoms with Crippen molar-refractivity contribution in [2.45, 2.75) is 64.3 Å². The van der Waals surface area contributed by atoms with Crippen LogP contribution in [0.1, 0.15) is 79.0 Å². The average molecular weight is 928 g/mol. The summed E-state index contributed by atoms with van der Waals surface area (Å²) in [5.74, 6) is -2.72. The first-order chi connectivity index (χ1) is 31.9. The maximum absolute atomic E-state index is 13.2. The third-order valence-corrected chi connectivity index (χ3v) is 9.67. The number of rotatable bonds is 44. The minimum Gasteiger partial charge on any atom is -0.379 e. The van der Waals surface area contributed by atoms with Gasteiger partial charge in [0.25, 0.3) is 11.8 Å². The van der Waals surface area contributed by atoms with Crippen molar-refractivity contribution < 1.29 is 80.8 Å². The molecule has 65 heavy (non-hydrogen) atoms. The van der Waals surface area contributed by atoms with E-state index in [2.05, 4.69) is 17.6 Å². The van der Waals surface area contributed by atoms with Gasteiger partial charge in [-0.25, -0.2) is 0 Å². The van der Waals surface area contributed by atoms with Crippen LogP contribution in [0.25, 0.3) is 0 Å². The molecule has 1 aromatic carbocycles. The minimum absolute atomic E-state index is 0.0270. The Bertz CT molecular complexity index is 1470. The van der Waals surface area contributed by atoms with Crippen molar-refractivity contribution in [1.29, 1.82) is 0 Å². The molecule has 2 aliphatic heterocycles. The maximum Gasteiger partial charge on any atom is 0.264 e. The van der Waals surface area contributed by atoms with Crippen LogP contribution in [0.4, 0.5) is 5.69 Å². The number of fused-ring (bicyclic) bond motifs is 1. The number of unbranched alkanes of at least 4 members (excludes halogenated alkanes) is 3. The summed E-state index contributed by atoms with van der Waals surface area (Å²) in [7, 11) is 0. The van der Waals surface area contributed by atoms with Crippen molar-refractivity contribution in [3.8, 4) is 0 Å². The summed E-state index contributed by atoms with van der Waals surface area (Å²) in [6.45, 7) is 14.3. The summed E-state index contributed by atoms with van der Waals surface area (Å²) in [6, 6.07) is 3.53. The Labute approximate surface area is 383 Å². The molecule has 2 N–H and O–H groups in total. The minimum atomic E-state index is -1.08. The highest BCUT2D eigenvalue weighted by Gasteiger charge is 2.45. The fraction of sp³-hybridized carbons (Fsp3) is 0.756. The Kier molecular flexibility index (Phi) is 32.3. The van der Waals surface area contributed by atoms with Crippen LogP contribution >= 0.6 is 0 Å². The monoisotopic (exact) mass is 927 g/mol. The Morgan fingerprint density at radius 2 is 0.938 bits per heavy atom. The summed E-state index contributed by atoms with van der Waals surface area (Å²) in [6.07, 6.45) is 4.66. The van der Waals surface area contributed by atoms with Gasteiger partial charge in [0.15, 0.2) is 0 Å². The first-order valence-electron chi connectivity index (χ1n) is 23.0. The van der Waals surface area contributed by atoms with E-state index in [0.29, 0.717) is 158 Å². The van der Waals surface area contributed by atoms with Crippen LogP contribution in [0.5, 0.6) is 0 Å². The summed E-state index contributed by atoms with van der Waals surface area (Å²) in [5.41, 5.74) is 0.379. The Morgan fingerprint density at radius 1 is 0.538 bits per heavy atom. The Balaban J connectivity index is 0.971. The van der Waals surface area contributed by atoms with Crippen molar-refractivity contribution in [1.82, 2.24) is 10.2 Å². The second kappa shape index (κ2) is 37.6. The summed E-state index contributed by atoms with van der Waals surface area (Å²) in [5, 5.41) is 4.91. The highest BCUT2D eigenvalue weighted by atomic mass is 16.6. The number of piperidine rings is 1. The van der Waals surface area contributed by atoms with Crippen LogP contribution in [0.15, 0.2) is 18.2 Å². The quantitative estimate of drug-likeness (QED) is 0.0709. The summed E-state index contributed by atoms with van der Waals surface area (Å²) < 4.78 is 66.0. The number of nitrogens with zero attached hydrogens (tertiary/aromatic N) is 1. The zero-order valence-electron chi connectivity index (χ0n) is 38.3. The molecule has 1 atom stereocenters. The zero-order valence-corrected chi connectivity index (χ0v) is 38.3. The number of hydrogen-bond acceptors (Lipinski definition) is 17. The lowest BCUT2D eigenvalue weighted by Crippen LogP contribution is -2.54. The second-order valence-electron chi connectivity index (χ2n) is 14.7. The van der Waals surface area contributed by atoms with E-state index in [4.69, 9.17) is 56.8 Å². The molecule has 0 saturated carbocycles. The molecule has 1 aromatic rings.